The van der Waals surface area contributed by atoms with E-state index in [2.05, 4.69) is 6.92 Å². The molecule has 0 spiro atoms. The standard InChI is InChI=1S/C18H19NO5/c1-2-12-3-5-13(6-4-12)15-7-8-16(24-15)17(20)19-9-10-23-11-14(19)18(21)22/h3-8,14H,2,9-11H2,1H3,(H,21,22)/t14-/m1/s1. The Kier molecular flexibility index (Phi) is 4.66. The van der Waals surface area contributed by atoms with Crippen LogP contribution in [0.4, 0.5) is 0 Å². The van der Waals surface area contributed by atoms with Crippen LogP contribution in [-0.2, 0) is 16.0 Å². The number of carboxylic acids is 1. The molecule has 3 rings (SSSR count). The first-order valence-corrected chi connectivity index (χ1v) is 7.91. The molecule has 0 bridgehead atoms. The van der Waals surface area contributed by atoms with Gasteiger partial charge in [-0.05, 0) is 24.1 Å². The number of furan rings is 1. The third-order valence-corrected chi connectivity index (χ3v) is 4.14. The molecule has 6 heteroatoms. The Morgan fingerprint density at radius 2 is 1.96 bits per heavy atom. The fraction of sp³-hybridized carbons (Fsp3) is 0.333. The number of carboxylic acid groups (broad SMARTS) is 1. The molecule has 1 aromatic heterocycles. The van der Waals surface area contributed by atoms with Crippen LogP contribution in [0, 0.1) is 0 Å². The summed E-state index contributed by atoms with van der Waals surface area (Å²) >= 11 is 0. The number of aryl methyl sites for hydroxylation is 1. The van der Waals surface area contributed by atoms with Crippen LogP contribution in [0.3, 0.4) is 0 Å². The largest absolute Gasteiger partial charge is 0.480 e. The van der Waals surface area contributed by atoms with E-state index in [9.17, 15) is 14.7 Å². The lowest BCUT2D eigenvalue weighted by Crippen LogP contribution is -2.52. The van der Waals surface area contributed by atoms with Gasteiger partial charge < -0.3 is 19.2 Å². The minimum absolute atomic E-state index is 0.00683. The normalized spacial score (nSPS) is 17.7. The molecule has 0 unspecified atom stereocenters. The molecule has 1 atom stereocenters. The van der Waals surface area contributed by atoms with E-state index in [0.29, 0.717) is 12.4 Å². The highest BCUT2D eigenvalue weighted by Gasteiger charge is 2.34. The van der Waals surface area contributed by atoms with E-state index in [4.69, 9.17) is 9.15 Å². The van der Waals surface area contributed by atoms with Gasteiger partial charge in [-0.15, -0.1) is 0 Å². The number of carbonyl (C=O) groups excluding carboxylic acids is 1. The first-order valence-electron chi connectivity index (χ1n) is 7.91. The maximum absolute atomic E-state index is 12.6. The molecule has 1 aromatic carbocycles. The Hall–Kier alpha value is -2.60. The average molecular weight is 329 g/mol. The van der Waals surface area contributed by atoms with Gasteiger partial charge in [0.15, 0.2) is 11.8 Å². The van der Waals surface area contributed by atoms with Gasteiger partial charge in [-0.25, -0.2) is 4.79 Å². The van der Waals surface area contributed by atoms with Crippen LogP contribution < -0.4 is 0 Å². The first-order chi connectivity index (χ1) is 11.6. The highest BCUT2D eigenvalue weighted by atomic mass is 16.5. The highest BCUT2D eigenvalue weighted by molar-refractivity contribution is 5.95. The van der Waals surface area contributed by atoms with Crippen molar-refractivity contribution in [1.82, 2.24) is 4.90 Å². The number of nitrogens with zero attached hydrogens (tertiary/aromatic N) is 1. The molecule has 1 saturated heterocycles. The van der Waals surface area contributed by atoms with Gasteiger partial charge in [0, 0.05) is 12.1 Å². The van der Waals surface area contributed by atoms with E-state index in [1.165, 1.54) is 10.5 Å². The molecule has 1 amide bonds. The number of rotatable bonds is 4. The number of benzene rings is 1. The summed E-state index contributed by atoms with van der Waals surface area (Å²) in [6.07, 6.45) is 0.954. The average Bonchev–Trinajstić information content (AvgIpc) is 3.11. The maximum atomic E-state index is 12.6. The lowest BCUT2D eigenvalue weighted by molar-refractivity contribution is -0.147. The molecule has 2 aromatic rings. The Balaban J connectivity index is 1.81. The van der Waals surface area contributed by atoms with Crippen molar-refractivity contribution in [2.24, 2.45) is 0 Å². The van der Waals surface area contributed by atoms with Crippen molar-refractivity contribution in [2.75, 3.05) is 19.8 Å². The van der Waals surface area contributed by atoms with E-state index in [1.54, 1.807) is 12.1 Å². The van der Waals surface area contributed by atoms with Gasteiger partial charge in [0.1, 0.15) is 5.76 Å². The molecule has 0 aliphatic carbocycles. The smallest absolute Gasteiger partial charge is 0.328 e. The molecule has 126 valence electrons. The number of aliphatic carboxylic acids is 1. The predicted molar refractivity (Wildman–Crippen MR) is 86.8 cm³/mol. The first kappa shape index (κ1) is 16.3. The van der Waals surface area contributed by atoms with Crippen LogP contribution in [-0.4, -0.2) is 47.7 Å². The predicted octanol–water partition coefficient (Wildman–Crippen LogP) is 2.43. The van der Waals surface area contributed by atoms with Crippen molar-refractivity contribution in [2.45, 2.75) is 19.4 Å². The fourth-order valence-corrected chi connectivity index (χ4v) is 2.71. The Morgan fingerprint density at radius 1 is 1.21 bits per heavy atom. The molecule has 1 fully saturated rings. The minimum atomic E-state index is -1.08. The zero-order valence-corrected chi connectivity index (χ0v) is 13.4. The van der Waals surface area contributed by atoms with Crippen molar-refractivity contribution in [1.29, 1.82) is 0 Å². The minimum Gasteiger partial charge on any atom is -0.480 e. The second-order valence-corrected chi connectivity index (χ2v) is 5.64. The summed E-state index contributed by atoms with van der Waals surface area (Å²) < 4.78 is 10.8. The summed E-state index contributed by atoms with van der Waals surface area (Å²) in [5.74, 6) is -0.786. The van der Waals surface area contributed by atoms with E-state index in [0.717, 1.165) is 12.0 Å². The van der Waals surface area contributed by atoms with Gasteiger partial charge in [-0.1, -0.05) is 31.2 Å². The lowest BCUT2D eigenvalue weighted by atomic mass is 10.1. The van der Waals surface area contributed by atoms with E-state index >= 15 is 0 Å². The molecular weight excluding hydrogens is 310 g/mol. The summed E-state index contributed by atoms with van der Waals surface area (Å²) in [4.78, 5) is 25.1. The van der Waals surface area contributed by atoms with Crippen molar-refractivity contribution in [3.8, 4) is 11.3 Å². The second-order valence-electron chi connectivity index (χ2n) is 5.64. The van der Waals surface area contributed by atoms with E-state index < -0.39 is 17.9 Å². The molecular formula is C18H19NO5. The van der Waals surface area contributed by atoms with Gasteiger partial charge in [-0.2, -0.15) is 0 Å². The SMILES string of the molecule is CCc1ccc(-c2ccc(C(=O)N3CCOC[C@@H]3C(=O)O)o2)cc1. The monoisotopic (exact) mass is 329 g/mol. The molecule has 24 heavy (non-hydrogen) atoms. The molecule has 0 saturated carbocycles. The molecule has 1 aliphatic heterocycles. The van der Waals surface area contributed by atoms with E-state index in [-0.39, 0.29) is 18.9 Å². The zero-order valence-electron chi connectivity index (χ0n) is 13.4. The number of morpholine rings is 1. The zero-order chi connectivity index (χ0) is 17.1. The van der Waals surface area contributed by atoms with Crippen LogP contribution in [0.2, 0.25) is 0 Å². The second kappa shape index (κ2) is 6.88. The highest BCUT2D eigenvalue weighted by Crippen LogP contribution is 2.24. The third kappa shape index (κ3) is 3.19. The van der Waals surface area contributed by atoms with Crippen LogP contribution >= 0.6 is 0 Å². The van der Waals surface area contributed by atoms with Gasteiger partial charge in [-0.3, -0.25) is 4.79 Å². The number of amides is 1. The summed E-state index contributed by atoms with van der Waals surface area (Å²) in [5, 5.41) is 9.23. The van der Waals surface area contributed by atoms with Gasteiger partial charge >= 0.3 is 5.97 Å². The van der Waals surface area contributed by atoms with Gasteiger partial charge in [0.2, 0.25) is 0 Å². The summed E-state index contributed by atoms with van der Waals surface area (Å²) in [6.45, 7) is 2.63. The van der Waals surface area contributed by atoms with Crippen molar-refractivity contribution in [3.63, 3.8) is 0 Å². The van der Waals surface area contributed by atoms with Gasteiger partial charge in [0.25, 0.3) is 5.91 Å². The van der Waals surface area contributed by atoms with Crippen LogP contribution in [0.25, 0.3) is 11.3 Å². The summed E-state index contributed by atoms with van der Waals surface area (Å²) in [7, 11) is 0. The van der Waals surface area contributed by atoms with Crippen molar-refractivity contribution >= 4 is 11.9 Å². The Morgan fingerprint density at radius 3 is 2.62 bits per heavy atom. The quantitative estimate of drug-likeness (QED) is 0.932. The van der Waals surface area contributed by atoms with E-state index in [1.807, 2.05) is 24.3 Å². The lowest BCUT2D eigenvalue weighted by Gasteiger charge is -2.32. The topological polar surface area (TPSA) is 80.0 Å². The fourth-order valence-electron chi connectivity index (χ4n) is 2.71. The molecule has 1 aliphatic rings. The Bertz CT molecular complexity index is 734. The summed E-state index contributed by atoms with van der Waals surface area (Å²) in [5.41, 5.74) is 2.10. The van der Waals surface area contributed by atoms with Crippen molar-refractivity contribution < 1.29 is 23.8 Å². The van der Waals surface area contributed by atoms with Crippen LogP contribution in [0.15, 0.2) is 40.8 Å². The molecule has 6 nitrogen and oxygen atoms in total. The number of hydrogen-bond donors (Lipinski definition) is 1. The molecule has 1 N–H and O–H groups in total. The third-order valence-electron chi connectivity index (χ3n) is 4.14. The maximum Gasteiger partial charge on any atom is 0.328 e. The molecule has 2 heterocycles. The van der Waals surface area contributed by atoms with Crippen LogP contribution in [0.5, 0.6) is 0 Å². The van der Waals surface area contributed by atoms with Crippen LogP contribution in [0.1, 0.15) is 23.0 Å². The number of hydrogen-bond acceptors (Lipinski definition) is 4. The number of carbonyl (C=O) groups is 2. The van der Waals surface area contributed by atoms with Crippen molar-refractivity contribution in [3.05, 3.63) is 47.7 Å². The number of ether oxygens (including phenoxy) is 1. The molecule has 0 radical (unpaired) electrons. The Labute approximate surface area is 139 Å². The summed E-state index contributed by atoms with van der Waals surface area (Å²) in [6, 6.07) is 10.2. The van der Waals surface area contributed by atoms with Gasteiger partial charge in [0.05, 0.1) is 13.2 Å².